The number of aryl methyl sites for hydroxylation is 1. The lowest BCUT2D eigenvalue weighted by atomic mass is 10.1. The molecule has 0 spiro atoms. The molecule has 0 amide bonds. The number of rotatable bonds is 4. The van der Waals surface area contributed by atoms with E-state index in [1.165, 1.54) is 19.3 Å². The van der Waals surface area contributed by atoms with E-state index in [4.69, 9.17) is 6.57 Å². The average Bonchev–Trinajstić information content (AvgIpc) is 3.00. The van der Waals surface area contributed by atoms with Crippen LogP contribution in [0.1, 0.15) is 40.9 Å². The third kappa shape index (κ3) is 3.32. The summed E-state index contributed by atoms with van der Waals surface area (Å²) in [4.78, 5) is 23.6. The Kier molecular flexibility index (Phi) is 4.97. The Balaban J connectivity index is 1.81. The highest BCUT2D eigenvalue weighted by molar-refractivity contribution is 6.09. The lowest BCUT2D eigenvalue weighted by Crippen LogP contribution is -2.34. The van der Waals surface area contributed by atoms with Crippen molar-refractivity contribution in [1.82, 2.24) is 14.5 Å². The SMILES string of the molecule is [C-]#[N+]c1ccc(-n2c(C)c(C(=O)CN3CCCCC3)c3ncc(C)cc32)cc1. The molecule has 1 aromatic carbocycles. The van der Waals surface area contributed by atoms with Gasteiger partial charge in [0.15, 0.2) is 11.5 Å². The monoisotopic (exact) mass is 372 g/mol. The minimum atomic E-state index is 0.136. The number of hydrogen-bond acceptors (Lipinski definition) is 3. The van der Waals surface area contributed by atoms with Gasteiger partial charge in [0.25, 0.3) is 0 Å². The van der Waals surface area contributed by atoms with E-state index >= 15 is 0 Å². The highest BCUT2D eigenvalue weighted by Crippen LogP contribution is 2.30. The van der Waals surface area contributed by atoms with E-state index in [-0.39, 0.29) is 5.78 Å². The predicted molar refractivity (Wildman–Crippen MR) is 111 cm³/mol. The van der Waals surface area contributed by atoms with Gasteiger partial charge in [0, 0.05) is 17.6 Å². The van der Waals surface area contributed by atoms with Crippen LogP contribution in [0.4, 0.5) is 5.69 Å². The van der Waals surface area contributed by atoms with Crippen LogP contribution in [0, 0.1) is 20.4 Å². The first-order valence-electron chi connectivity index (χ1n) is 9.79. The Morgan fingerprint density at radius 1 is 1.14 bits per heavy atom. The molecule has 1 fully saturated rings. The average molecular weight is 372 g/mol. The summed E-state index contributed by atoms with van der Waals surface area (Å²) in [6.07, 6.45) is 5.41. The van der Waals surface area contributed by atoms with Crippen LogP contribution in [0.3, 0.4) is 0 Å². The number of hydrogen-bond donors (Lipinski definition) is 0. The molecule has 1 aliphatic heterocycles. The van der Waals surface area contributed by atoms with Crippen molar-refractivity contribution in [2.45, 2.75) is 33.1 Å². The summed E-state index contributed by atoms with van der Waals surface area (Å²) < 4.78 is 2.09. The van der Waals surface area contributed by atoms with E-state index in [1.807, 2.05) is 44.3 Å². The van der Waals surface area contributed by atoms with Crippen LogP contribution in [0.2, 0.25) is 0 Å². The summed E-state index contributed by atoms with van der Waals surface area (Å²) in [5.41, 5.74) is 5.93. The molecule has 0 unspecified atom stereocenters. The standard InChI is InChI=1S/C23H24N4O/c1-16-13-20-23(25-14-16)22(21(28)15-26-11-5-4-6-12-26)17(2)27(20)19-9-7-18(24-3)8-10-19/h7-10,13-14H,4-6,11-12,15H2,1-2H3. The van der Waals surface area contributed by atoms with Gasteiger partial charge in [-0.1, -0.05) is 18.6 Å². The zero-order valence-electron chi connectivity index (χ0n) is 16.4. The quantitative estimate of drug-likeness (QED) is 0.485. The van der Waals surface area contributed by atoms with Gasteiger partial charge in [0.2, 0.25) is 0 Å². The number of benzene rings is 1. The third-order valence-corrected chi connectivity index (χ3v) is 5.51. The number of ketones is 1. The van der Waals surface area contributed by atoms with Gasteiger partial charge in [-0.3, -0.25) is 14.7 Å². The first-order valence-corrected chi connectivity index (χ1v) is 9.79. The van der Waals surface area contributed by atoms with Crippen molar-refractivity contribution in [1.29, 1.82) is 0 Å². The van der Waals surface area contributed by atoms with Crippen molar-refractivity contribution in [3.8, 4) is 5.69 Å². The minimum Gasteiger partial charge on any atom is -0.312 e. The van der Waals surface area contributed by atoms with Gasteiger partial charge in [-0.25, -0.2) is 4.85 Å². The molecule has 0 saturated carbocycles. The predicted octanol–water partition coefficient (Wildman–Crippen LogP) is 4.86. The molecule has 5 heteroatoms. The summed E-state index contributed by atoms with van der Waals surface area (Å²) in [5.74, 6) is 0.136. The number of carbonyl (C=O) groups is 1. The Morgan fingerprint density at radius 2 is 1.86 bits per heavy atom. The summed E-state index contributed by atoms with van der Waals surface area (Å²) in [6.45, 7) is 13.6. The second-order valence-electron chi connectivity index (χ2n) is 7.56. The fourth-order valence-corrected chi connectivity index (χ4v) is 4.12. The molecule has 4 rings (SSSR count). The third-order valence-electron chi connectivity index (χ3n) is 5.51. The zero-order valence-corrected chi connectivity index (χ0v) is 16.4. The van der Waals surface area contributed by atoms with E-state index in [9.17, 15) is 4.79 Å². The van der Waals surface area contributed by atoms with Crippen LogP contribution in [0.5, 0.6) is 0 Å². The van der Waals surface area contributed by atoms with Crippen molar-refractivity contribution in [3.63, 3.8) is 0 Å². The first kappa shape index (κ1) is 18.4. The zero-order chi connectivity index (χ0) is 19.7. The van der Waals surface area contributed by atoms with E-state index in [1.54, 1.807) is 0 Å². The van der Waals surface area contributed by atoms with Crippen molar-refractivity contribution in [3.05, 3.63) is 64.8 Å². The number of likely N-dealkylation sites (tertiary alicyclic amines) is 1. The maximum absolute atomic E-state index is 13.2. The van der Waals surface area contributed by atoms with Crippen molar-refractivity contribution in [2.24, 2.45) is 0 Å². The number of aromatic nitrogens is 2. The molecule has 1 aliphatic rings. The molecular formula is C23H24N4O. The molecule has 0 radical (unpaired) electrons. The molecular weight excluding hydrogens is 348 g/mol. The van der Waals surface area contributed by atoms with E-state index in [0.29, 0.717) is 12.2 Å². The van der Waals surface area contributed by atoms with Gasteiger partial charge in [-0.2, -0.15) is 0 Å². The topological polar surface area (TPSA) is 42.5 Å². The van der Waals surface area contributed by atoms with Gasteiger partial charge < -0.3 is 4.57 Å². The summed E-state index contributed by atoms with van der Waals surface area (Å²) >= 11 is 0. The smallest absolute Gasteiger partial charge is 0.187 e. The number of pyridine rings is 1. The summed E-state index contributed by atoms with van der Waals surface area (Å²) in [6, 6.07) is 9.57. The fourth-order valence-electron chi connectivity index (χ4n) is 4.12. The molecule has 0 N–H and O–H groups in total. The van der Waals surface area contributed by atoms with Crippen LogP contribution >= 0.6 is 0 Å². The Hall–Kier alpha value is -2.97. The molecule has 0 aliphatic carbocycles. The molecule has 0 bridgehead atoms. The lowest BCUT2D eigenvalue weighted by molar-refractivity contribution is 0.0916. The van der Waals surface area contributed by atoms with Crippen molar-refractivity contribution >= 4 is 22.5 Å². The van der Waals surface area contributed by atoms with Crippen molar-refractivity contribution < 1.29 is 4.79 Å². The molecule has 3 heterocycles. The van der Waals surface area contributed by atoms with Gasteiger partial charge in [0.1, 0.15) is 0 Å². The normalized spacial score (nSPS) is 14.9. The minimum absolute atomic E-state index is 0.136. The van der Waals surface area contributed by atoms with Crippen LogP contribution < -0.4 is 0 Å². The molecule has 0 atom stereocenters. The number of nitrogens with zero attached hydrogens (tertiary/aromatic N) is 4. The number of Topliss-reactive ketones (excluding diaryl/α,β-unsaturated/α-hetero) is 1. The highest BCUT2D eigenvalue weighted by atomic mass is 16.1. The van der Waals surface area contributed by atoms with Crippen LogP contribution in [-0.4, -0.2) is 39.9 Å². The van der Waals surface area contributed by atoms with Gasteiger partial charge >= 0.3 is 0 Å². The maximum atomic E-state index is 13.2. The lowest BCUT2D eigenvalue weighted by Gasteiger charge is -2.25. The Labute approximate surface area is 165 Å². The Morgan fingerprint density at radius 3 is 2.54 bits per heavy atom. The van der Waals surface area contributed by atoms with E-state index < -0.39 is 0 Å². The second kappa shape index (κ2) is 7.57. The maximum Gasteiger partial charge on any atom is 0.187 e. The van der Waals surface area contributed by atoms with Gasteiger partial charge in [0.05, 0.1) is 29.7 Å². The first-order chi connectivity index (χ1) is 13.6. The van der Waals surface area contributed by atoms with Gasteiger partial charge in [-0.05, 0) is 63.5 Å². The van der Waals surface area contributed by atoms with Crippen LogP contribution in [0.15, 0.2) is 36.5 Å². The van der Waals surface area contributed by atoms with Crippen LogP contribution in [-0.2, 0) is 0 Å². The number of piperidine rings is 1. The number of carbonyl (C=O) groups excluding carboxylic acids is 1. The number of fused-ring (bicyclic) bond motifs is 1. The van der Waals surface area contributed by atoms with Crippen molar-refractivity contribution in [2.75, 3.05) is 19.6 Å². The largest absolute Gasteiger partial charge is 0.312 e. The Bertz CT molecular complexity index is 1070. The van der Waals surface area contributed by atoms with Crippen LogP contribution in [0.25, 0.3) is 21.6 Å². The fraction of sp³-hybridized carbons (Fsp3) is 0.348. The summed E-state index contributed by atoms with van der Waals surface area (Å²) in [5, 5.41) is 0. The second-order valence-corrected chi connectivity index (χ2v) is 7.56. The molecule has 3 aromatic rings. The molecule has 28 heavy (non-hydrogen) atoms. The van der Waals surface area contributed by atoms with E-state index in [2.05, 4.69) is 25.4 Å². The molecule has 2 aromatic heterocycles. The molecule has 5 nitrogen and oxygen atoms in total. The van der Waals surface area contributed by atoms with E-state index in [0.717, 1.165) is 46.6 Å². The highest BCUT2D eigenvalue weighted by Gasteiger charge is 2.24. The van der Waals surface area contributed by atoms with Gasteiger partial charge in [-0.15, -0.1) is 0 Å². The molecule has 142 valence electrons. The summed E-state index contributed by atoms with van der Waals surface area (Å²) in [7, 11) is 0. The molecule has 1 saturated heterocycles.